The highest BCUT2D eigenvalue weighted by Crippen LogP contribution is 2.19. The van der Waals surface area contributed by atoms with E-state index in [1.807, 2.05) is 0 Å². The van der Waals surface area contributed by atoms with E-state index in [0.717, 1.165) is 0 Å². The normalized spacial score (nSPS) is 18.3. The Kier molecular flexibility index (Phi) is 6.60. The van der Waals surface area contributed by atoms with Gasteiger partial charge in [-0.25, -0.2) is 13.1 Å². The molecule has 0 spiro atoms. The number of piperidine rings is 1. The molecule has 1 unspecified atom stereocenters. The fourth-order valence-corrected chi connectivity index (χ4v) is 3.72. The SMILES string of the molecule is CCCS(=O)(=O)NC(C)C(=O)N1CCC(C(=O)OC)CC1. The third-order valence-corrected chi connectivity index (χ3v) is 5.20. The van der Waals surface area contributed by atoms with E-state index < -0.39 is 16.1 Å². The monoisotopic (exact) mass is 320 g/mol. The summed E-state index contributed by atoms with van der Waals surface area (Å²) in [5, 5.41) is 0. The summed E-state index contributed by atoms with van der Waals surface area (Å²) in [5.41, 5.74) is 0. The Morgan fingerprint density at radius 3 is 2.38 bits per heavy atom. The van der Waals surface area contributed by atoms with E-state index in [-0.39, 0.29) is 23.5 Å². The van der Waals surface area contributed by atoms with E-state index in [0.29, 0.717) is 32.4 Å². The molecule has 1 fully saturated rings. The van der Waals surface area contributed by atoms with Gasteiger partial charge in [-0.1, -0.05) is 6.92 Å². The van der Waals surface area contributed by atoms with E-state index in [1.54, 1.807) is 18.7 Å². The second kappa shape index (κ2) is 7.74. The largest absolute Gasteiger partial charge is 0.469 e. The number of carbonyl (C=O) groups excluding carboxylic acids is 2. The van der Waals surface area contributed by atoms with Crippen LogP contribution in [0.1, 0.15) is 33.1 Å². The van der Waals surface area contributed by atoms with Crippen molar-refractivity contribution in [2.24, 2.45) is 5.92 Å². The highest BCUT2D eigenvalue weighted by Gasteiger charge is 2.30. The maximum atomic E-state index is 12.2. The number of carbonyl (C=O) groups is 2. The Balaban J connectivity index is 2.52. The first-order valence-corrected chi connectivity index (χ1v) is 8.82. The maximum Gasteiger partial charge on any atom is 0.308 e. The van der Waals surface area contributed by atoms with Gasteiger partial charge in [-0.3, -0.25) is 9.59 Å². The number of ether oxygens (including phenoxy) is 1. The summed E-state index contributed by atoms with van der Waals surface area (Å²) < 4.78 is 30.4. The quantitative estimate of drug-likeness (QED) is 0.702. The first kappa shape index (κ1) is 17.9. The van der Waals surface area contributed by atoms with Gasteiger partial charge in [0.05, 0.1) is 24.8 Å². The molecule has 1 heterocycles. The van der Waals surface area contributed by atoms with Gasteiger partial charge in [0.25, 0.3) is 0 Å². The molecule has 1 rings (SSSR count). The number of rotatable bonds is 6. The van der Waals surface area contributed by atoms with Crippen molar-refractivity contribution in [3.05, 3.63) is 0 Å². The van der Waals surface area contributed by atoms with Gasteiger partial charge in [0, 0.05) is 13.1 Å². The van der Waals surface area contributed by atoms with Gasteiger partial charge in [0.1, 0.15) is 0 Å². The zero-order valence-corrected chi connectivity index (χ0v) is 13.6. The average Bonchev–Trinajstić information content (AvgIpc) is 2.45. The lowest BCUT2D eigenvalue weighted by atomic mass is 9.96. The maximum absolute atomic E-state index is 12.2. The molecule has 7 nitrogen and oxygen atoms in total. The second-order valence-electron chi connectivity index (χ2n) is 5.28. The minimum atomic E-state index is -3.41. The van der Waals surface area contributed by atoms with Gasteiger partial charge in [0.15, 0.2) is 0 Å². The fourth-order valence-electron chi connectivity index (χ4n) is 2.42. The molecule has 122 valence electrons. The van der Waals surface area contributed by atoms with Crippen LogP contribution in [0.2, 0.25) is 0 Å². The van der Waals surface area contributed by atoms with Gasteiger partial charge in [-0.2, -0.15) is 0 Å². The van der Waals surface area contributed by atoms with Crippen molar-refractivity contribution >= 4 is 21.9 Å². The van der Waals surface area contributed by atoms with Gasteiger partial charge in [0.2, 0.25) is 15.9 Å². The molecule has 1 saturated heterocycles. The number of esters is 1. The van der Waals surface area contributed by atoms with Crippen LogP contribution in [-0.2, 0) is 24.3 Å². The predicted molar refractivity (Wildman–Crippen MR) is 78.0 cm³/mol. The summed E-state index contributed by atoms with van der Waals surface area (Å²) in [6, 6.07) is -0.781. The standard InChI is InChI=1S/C13H24N2O5S/c1-4-9-21(18,19)14-10(2)12(16)15-7-5-11(6-8-15)13(17)20-3/h10-11,14H,4-9H2,1-3H3. The number of methoxy groups -OCH3 is 1. The Morgan fingerprint density at radius 2 is 1.90 bits per heavy atom. The van der Waals surface area contributed by atoms with Crippen LogP contribution in [-0.4, -0.2) is 57.2 Å². The van der Waals surface area contributed by atoms with E-state index >= 15 is 0 Å². The number of hydrogen-bond donors (Lipinski definition) is 1. The molecule has 1 atom stereocenters. The van der Waals surface area contributed by atoms with Gasteiger partial charge < -0.3 is 9.64 Å². The molecule has 0 aliphatic carbocycles. The van der Waals surface area contributed by atoms with Crippen LogP contribution in [0.15, 0.2) is 0 Å². The molecule has 0 saturated carbocycles. The molecule has 0 aromatic heterocycles. The smallest absolute Gasteiger partial charge is 0.308 e. The Labute approximate surface area is 126 Å². The second-order valence-corrected chi connectivity index (χ2v) is 7.15. The zero-order valence-electron chi connectivity index (χ0n) is 12.8. The summed E-state index contributed by atoms with van der Waals surface area (Å²) in [6.07, 6.45) is 1.60. The Bertz CT molecular complexity index is 469. The lowest BCUT2D eigenvalue weighted by molar-refractivity contribution is -0.149. The highest BCUT2D eigenvalue weighted by atomic mass is 32.2. The third-order valence-electron chi connectivity index (χ3n) is 3.54. The minimum Gasteiger partial charge on any atom is -0.469 e. The number of likely N-dealkylation sites (tertiary alicyclic amines) is 1. The van der Waals surface area contributed by atoms with Crippen molar-refractivity contribution < 1.29 is 22.7 Å². The lowest BCUT2D eigenvalue weighted by Crippen LogP contribution is -2.50. The third kappa shape index (κ3) is 5.28. The van der Waals surface area contributed by atoms with Crippen molar-refractivity contribution in [1.29, 1.82) is 0 Å². The molecular formula is C13H24N2O5S. The minimum absolute atomic E-state index is 0.00896. The van der Waals surface area contributed by atoms with Crippen LogP contribution in [0, 0.1) is 5.92 Å². The molecule has 1 N–H and O–H groups in total. The molecular weight excluding hydrogens is 296 g/mol. The van der Waals surface area contributed by atoms with Crippen LogP contribution in [0.5, 0.6) is 0 Å². The lowest BCUT2D eigenvalue weighted by Gasteiger charge is -2.32. The topological polar surface area (TPSA) is 92.8 Å². The molecule has 21 heavy (non-hydrogen) atoms. The Hall–Kier alpha value is -1.15. The number of nitrogens with one attached hydrogen (secondary N) is 1. The molecule has 1 amide bonds. The van der Waals surface area contributed by atoms with Crippen molar-refractivity contribution in [1.82, 2.24) is 9.62 Å². The highest BCUT2D eigenvalue weighted by molar-refractivity contribution is 7.89. The van der Waals surface area contributed by atoms with Crippen molar-refractivity contribution in [2.75, 3.05) is 26.0 Å². The summed E-state index contributed by atoms with van der Waals surface area (Å²) in [5.74, 6) is -0.669. The molecule has 0 bridgehead atoms. The summed E-state index contributed by atoms with van der Waals surface area (Å²) >= 11 is 0. The number of sulfonamides is 1. The first-order valence-electron chi connectivity index (χ1n) is 7.17. The van der Waals surface area contributed by atoms with Gasteiger partial charge >= 0.3 is 5.97 Å². The number of hydrogen-bond acceptors (Lipinski definition) is 5. The molecule has 1 aliphatic heterocycles. The van der Waals surface area contributed by atoms with Crippen molar-refractivity contribution in [3.8, 4) is 0 Å². The van der Waals surface area contributed by atoms with E-state index in [2.05, 4.69) is 4.72 Å². The van der Waals surface area contributed by atoms with Crippen molar-refractivity contribution in [3.63, 3.8) is 0 Å². The molecule has 0 aromatic rings. The van der Waals surface area contributed by atoms with Gasteiger partial charge in [-0.15, -0.1) is 0 Å². The van der Waals surface area contributed by atoms with Crippen LogP contribution in [0.4, 0.5) is 0 Å². The summed E-state index contributed by atoms with van der Waals surface area (Å²) in [6.45, 7) is 4.20. The van der Waals surface area contributed by atoms with Crippen LogP contribution < -0.4 is 4.72 Å². The molecule has 0 aromatic carbocycles. The van der Waals surface area contributed by atoms with E-state index in [1.165, 1.54) is 7.11 Å². The predicted octanol–water partition coefficient (Wildman–Crippen LogP) is 0.116. The van der Waals surface area contributed by atoms with E-state index in [9.17, 15) is 18.0 Å². The average molecular weight is 320 g/mol. The van der Waals surface area contributed by atoms with Crippen LogP contribution >= 0.6 is 0 Å². The summed E-state index contributed by atoms with van der Waals surface area (Å²) in [4.78, 5) is 25.2. The number of amides is 1. The fraction of sp³-hybridized carbons (Fsp3) is 0.846. The molecule has 1 aliphatic rings. The zero-order chi connectivity index (χ0) is 16.0. The van der Waals surface area contributed by atoms with Crippen molar-refractivity contribution in [2.45, 2.75) is 39.2 Å². The Morgan fingerprint density at radius 1 is 1.33 bits per heavy atom. The summed E-state index contributed by atoms with van der Waals surface area (Å²) in [7, 11) is -2.06. The molecule has 0 radical (unpaired) electrons. The number of nitrogens with zero attached hydrogens (tertiary/aromatic N) is 1. The van der Waals surface area contributed by atoms with E-state index in [4.69, 9.17) is 4.74 Å². The molecule has 8 heteroatoms. The van der Waals surface area contributed by atoms with Crippen LogP contribution in [0.25, 0.3) is 0 Å². The van der Waals surface area contributed by atoms with Gasteiger partial charge in [-0.05, 0) is 26.2 Å². The van der Waals surface area contributed by atoms with Crippen LogP contribution in [0.3, 0.4) is 0 Å². The first-order chi connectivity index (χ1) is 9.80.